The predicted octanol–water partition coefficient (Wildman–Crippen LogP) is 3.86. The van der Waals surface area contributed by atoms with Gasteiger partial charge in [-0.15, -0.1) is 0 Å². The predicted molar refractivity (Wildman–Crippen MR) is 79.0 cm³/mol. The maximum atomic E-state index is 14.2. The average molecular weight is 286 g/mol. The lowest BCUT2D eigenvalue weighted by Gasteiger charge is -2.37. The van der Waals surface area contributed by atoms with Crippen LogP contribution in [0.1, 0.15) is 24.1 Å². The number of benzene rings is 2. The van der Waals surface area contributed by atoms with Crippen molar-refractivity contribution in [2.45, 2.75) is 19.4 Å². The summed E-state index contributed by atoms with van der Waals surface area (Å²) in [6.45, 7) is 2.73. The molecule has 1 unspecified atom stereocenters. The van der Waals surface area contributed by atoms with E-state index in [9.17, 15) is 14.5 Å². The van der Waals surface area contributed by atoms with Crippen LogP contribution in [0.3, 0.4) is 0 Å². The average Bonchev–Trinajstić information content (AvgIpc) is 2.48. The van der Waals surface area contributed by atoms with E-state index in [-0.39, 0.29) is 11.7 Å². The fourth-order valence-electron chi connectivity index (χ4n) is 2.94. The lowest BCUT2D eigenvalue weighted by atomic mass is 9.93. The summed E-state index contributed by atoms with van der Waals surface area (Å²) in [5.74, 6) is -0.546. The molecule has 0 saturated carbocycles. The summed E-state index contributed by atoms with van der Waals surface area (Å²) in [5, 5.41) is 10.7. The Bertz CT molecular complexity index is 702. The van der Waals surface area contributed by atoms with Crippen LogP contribution < -0.4 is 4.90 Å². The lowest BCUT2D eigenvalue weighted by molar-refractivity contribution is -0.385. The lowest BCUT2D eigenvalue weighted by Crippen LogP contribution is -2.34. The van der Waals surface area contributed by atoms with Crippen molar-refractivity contribution in [3.63, 3.8) is 0 Å². The van der Waals surface area contributed by atoms with Crippen molar-refractivity contribution in [1.29, 1.82) is 0 Å². The summed E-state index contributed by atoms with van der Waals surface area (Å²) in [6.07, 6.45) is 0.844. The molecular formula is C16H15FN2O2. The number of anilines is 1. The van der Waals surface area contributed by atoms with Crippen molar-refractivity contribution in [3.05, 3.63) is 69.5 Å². The van der Waals surface area contributed by atoms with E-state index in [2.05, 4.69) is 12.1 Å². The van der Waals surface area contributed by atoms with E-state index in [0.717, 1.165) is 12.5 Å². The summed E-state index contributed by atoms with van der Waals surface area (Å²) < 4.78 is 14.2. The molecule has 1 heterocycles. The molecule has 3 rings (SSSR count). The fraction of sp³-hybridized carbons (Fsp3) is 0.250. The summed E-state index contributed by atoms with van der Waals surface area (Å²) in [7, 11) is 0. The second kappa shape index (κ2) is 5.16. The molecule has 0 fully saturated rings. The third-order valence-electron chi connectivity index (χ3n) is 4.05. The van der Waals surface area contributed by atoms with Crippen molar-refractivity contribution in [2.24, 2.45) is 0 Å². The third-order valence-corrected chi connectivity index (χ3v) is 4.05. The topological polar surface area (TPSA) is 46.4 Å². The van der Waals surface area contributed by atoms with Crippen LogP contribution in [0.15, 0.2) is 42.5 Å². The summed E-state index contributed by atoms with van der Waals surface area (Å²) in [4.78, 5) is 12.1. The molecule has 0 bridgehead atoms. The number of nitro groups is 1. The van der Waals surface area contributed by atoms with Gasteiger partial charge in [0.25, 0.3) is 5.69 Å². The Kier molecular flexibility index (Phi) is 3.33. The number of rotatable bonds is 2. The fourth-order valence-corrected chi connectivity index (χ4v) is 2.94. The van der Waals surface area contributed by atoms with Crippen molar-refractivity contribution >= 4 is 11.4 Å². The van der Waals surface area contributed by atoms with Gasteiger partial charge >= 0.3 is 0 Å². The SMILES string of the molecule is CC1c2ccccc2CCN1c1ccc([N+](=O)[O-])cc1F. The molecule has 0 amide bonds. The molecule has 0 spiro atoms. The Morgan fingerprint density at radius 2 is 2.05 bits per heavy atom. The Morgan fingerprint density at radius 3 is 2.76 bits per heavy atom. The molecule has 2 aromatic carbocycles. The summed E-state index contributed by atoms with van der Waals surface area (Å²) >= 11 is 0. The summed E-state index contributed by atoms with van der Waals surface area (Å²) in [6, 6.07) is 12.0. The number of halogens is 1. The molecule has 1 atom stereocenters. The van der Waals surface area contributed by atoms with Gasteiger partial charge in [0.15, 0.2) is 5.82 Å². The molecule has 21 heavy (non-hydrogen) atoms. The minimum absolute atomic E-state index is 0.0471. The highest BCUT2D eigenvalue weighted by atomic mass is 19.1. The van der Waals surface area contributed by atoms with E-state index >= 15 is 0 Å². The highest BCUT2D eigenvalue weighted by Crippen LogP contribution is 2.35. The first-order chi connectivity index (χ1) is 10.1. The quantitative estimate of drug-likeness (QED) is 0.622. The van der Waals surface area contributed by atoms with Gasteiger partial charge in [0.2, 0.25) is 0 Å². The van der Waals surface area contributed by atoms with Crippen LogP contribution in [-0.2, 0) is 6.42 Å². The van der Waals surface area contributed by atoms with Crippen LogP contribution in [0.4, 0.5) is 15.8 Å². The molecule has 4 nitrogen and oxygen atoms in total. The number of non-ortho nitro benzene ring substituents is 1. The van der Waals surface area contributed by atoms with Gasteiger partial charge in [-0.25, -0.2) is 4.39 Å². The first kappa shape index (κ1) is 13.5. The Hall–Kier alpha value is -2.43. The molecule has 0 radical (unpaired) electrons. The maximum absolute atomic E-state index is 14.2. The van der Waals surface area contributed by atoms with Gasteiger partial charge in [-0.3, -0.25) is 10.1 Å². The van der Waals surface area contributed by atoms with E-state index in [1.165, 1.54) is 23.3 Å². The Morgan fingerprint density at radius 1 is 1.29 bits per heavy atom. The molecule has 1 aliphatic rings. The van der Waals surface area contributed by atoms with Crippen molar-refractivity contribution in [1.82, 2.24) is 0 Å². The first-order valence-electron chi connectivity index (χ1n) is 6.86. The highest BCUT2D eigenvalue weighted by Gasteiger charge is 2.26. The zero-order valence-corrected chi connectivity index (χ0v) is 11.6. The zero-order chi connectivity index (χ0) is 15.0. The molecule has 0 aromatic heterocycles. The van der Waals surface area contributed by atoms with E-state index in [0.29, 0.717) is 12.2 Å². The minimum Gasteiger partial charge on any atom is -0.362 e. The van der Waals surface area contributed by atoms with Crippen LogP contribution in [0.2, 0.25) is 0 Å². The highest BCUT2D eigenvalue weighted by molar-refractivity contribution is 5.55. The van der Waals surface area contributed by atoms with Crippen molar-refractivity contribution < 1.29 is 9.31 Å². The largest absolute Gasteiger partial charge is 0.362 e. The minimum atomic E-state index is -0.582. The van der Waals surface area contributed by atoms with Crippen LogP contribution >= 0.6 is 0 Å². The zero-order valence-electron chi connectivity index (χ0n) is 11.6. The van der Waals surface area contributed by atoms with Gasteiger partial charge in [-0.2, -0.15) is 0 Å². The monoisotopic (exact) mass is 286 g/mol. The van der Waals surface area contributed by atoms with Crippen LogP contribution in [0, 0.1) is 15.9 Å². The Balaban J connectivity index is 1.97. The molecule has 1 aliphatic heterocycles. The number of nitrogens with zero attached hydrogens (tertiary/aromatic N) is 2. The standard InChI is InChI=1S/C16H15FN2O2/c1-11-14-5-3-2-4-12(14)8-9-18(11)16-7-6-13(19(20)21)10-15(16)17/h2-7,10-11H,8-9H2,1H3. The molecule has 0 saturated heterocycles. The number of nitro benzene ring substituents is 1. The molecule has 2 aromatic rings. The van der Waals surface area contributed by atoms with Crippen LogP contribution in [-0.4, -0.2) is 11.5 Å². The van der Waals surface area contributed by atoms with Gasteiger partial charge < -0.3 is 4.90 Å². The Labute approximate surface area is 122 Å². The van der Waals surface area contributed by atoms with Crippen molar-refractivity contribution in [2.75, 3.05) is 11.4 Å². The molecule has 0 aliphatic carbocycles. The van der Waals surface area contributed by atoms with Crippen LogP contribution in [0.25, 0.3) is 0 Å². The maximum Gasteiger partial charge on any atom is 0.272 e. The summed E-state index contributed by atoms with van der Waals surface area (Å²) in [5.41, 5.74) is 2.66. The van der Waals surface area contributed by atoms with Crippen molar-refractivity contribution in [3.8, 4) is 0 Å². The second-order valence-electron chi connectivity index (χ2n) is 5.21. The second-order valence-corrected chi connectivity index (χ2v) is 5.21. The van der Waals surface area contributed by atoms with E-state index < -0.39 is 10.7 Å². The molecule has 5 heteroatoms. The van der Waals surface area contributed by atoms with E-state index in [1.54, 1.807) is 0 Å². The molecular weight excluding hydrogens is 271 g/mol. The normalized spacial score (nSPS) is 17.4. The number of hydrogen-bond acceptors (Lipinski definition) is 3. The first-order valence-corrected chi connectivity index (χ1v) is 6.86. The van der Waals surface area contributed by atoms with Crippen LogP contribution in [0.5, 0.6) is 0 Å². The smallest absolute Gasteiger partial charge is 0.272 e. The van der Waals surface area contributed by atoms with E-state index in [4.69, 9.17) is 0 Å². The van der Waals surface area contributed by atoms with Gasteiger partial charge in [-0.05, 0) is 30.5 Å². The molecule has 108 valence electrons. The van der Waals surface area contributed by atoms with Gasteiger partial charge in [0.1, 0.15) is 0 Å². The third kappa shape index (κ3) is 2.35. The van der Waals surface area contributed by atoms with Gasteiger partial charge in [-0.1, -0.05) is 24.3 Å². The van der Waals surface area contributed by atoms with E-state index in [1.807, 2.05) is 24.0 Å². The number of hydrogen-bond donors (Lipinski definition) is 0. The van der Waals surface area contributed by atoms with Gasteiger partial charge in [0, 0.05) is 12.6 Å². The van der Waals surface area contributed by atoms with Gasteiger partial charge in [0.05, 0.1) is 22.7 Å². The molecule has 0 N–H and O–H groups in total. The number of fused-ring (bicyclic) bond motifs is 1.